The van der Waals surface area contributed by atoms with Crippen LogP contribution in [-0.4, -0.2) is 7.11 Å². The number of ether oxygens (including phenoxy) is 1. The monoisotopic (exact) mass is 196 g/mol. The Kier molecular flexibility index (Phi) is 11.2. The van der Waals surface area contributed by atoms with Crippen LogP contribution < -0.4 is 4.74 Å². The number of benzene rings is 1. The number of aryl methyl sites for hydroxylation is 1. The second-order valence-electron chi connectivity index (χ2n) is 2.87. The second kappa shape index (κ2) is 10.1. The molecule has 0 aliphatic carbocycles. The molecule has 0 atom stereocenters. The standard InChI is InChI=1S/C9H12O.C3H8.CH4/c1-3-8-6-4-5-7-9(8)10-2;1-3-2;/h4-7H,3H2,1-2H3;3H2,1-2H3;1H4. The van der Waals surface area contributed by atoms with E-state index in [1.165, 1.54) is 12.0 Å². The van der Waals surface area contributed by atoms with Crippen molar-refractivity contribution in [2.45, 2.75) is 41.0 Å². The Labute approximate surface area is 89.1 Å². The van der Waals surface area contributed by atoms with Gasteiger partial charge in [0.1, 0.15) is 5.75 Å². The van der Waals surface area contributed by atoms with Gasteiger partial charge in [0.15, 0.2) is 0 Å². The van der Waals surface area contributed by atoms with Gasteiger partial charge in [0.2, 0.25) is 0 Å². The van der Waals surface area contributed by atoms with Crippen molar-refractivity contribution in [1.29, 1.82) is 0 Å². The maximum Gasteiger partial charge on any atom is 0.122 e. The van der Waals surface area contributed by atoms with Crippen LogP contribution in [0, 0.1) is 0 Å². The SMILES string of the molecule is C.CCC.CCc1ccccc1OC. The average Bonchev–Trinajstić information content (AvgIpc) is 2.19. The molecule has 0 bridgehead atoms. The molecule has 1 nitrogen and oxygen atoms in total. The van der Waals surface area contributed by atoms with Gasteiger partial charge in [-0.25, -0.2) is 0 Å². The summed E-state index contributed by atoms with van der Waals surface area (Å²) in [5.74, 6) is 0.991. The minimum atomic E-state index is 0. The molecular weight excluding hydrogens is 172 g/mol. The highest BCUT2D eigenvalue weighted by atomic mass is 16.5. The van der Waals surface area contributed by atoms with Gasteiger partial charge in [0, 0.05) is 0 Å². The third-order valence-corrected chi connectivity index (χ3v) is 1.57. The predicted molar refractivity (Wildman–Crippen MR) is 65.1 cm³/mol. The van der Waals surface area contributed by atoms with E-state index >= 15 is 0 Å². The van der Waals surface area contributed by atoms with Crippen molar-refractivity contribution in [2.24, 2.45) is 0 Å². The Morgan fingerprint density at radius 1 is 1.07 bits per heavy atom. The van der Waals surface area contributed by atoms with Crippen LogP contribution in [0.2, 0.25) is 0 Å². The lowest BCUT2D eigenvalue weighted by molar-refractivity contribution is 0.410. The van der Waals surface area contributed by atoms with E-state index in [2.05, 4.69) is 26.8 Å². The maximum atomic E-state index is 5.14. The molecule has 1 aromatic rings. The summed E-state index contributed by atoms with van der Waals surface area (Å²) in [6.07, 6.45) is 2.28. The summed E-state index contributed by atoms with van der Waals surface area (Å²) in [7, 11) is 1.70. The molecular formula is C13H24O. The lowest BCUT2D eigenvalue weighted by Crippen LogP contribution is -1.88. The van der Waals surface area contributed by atoms with E-state index < -0.39 is 0 Å². The fourth-order valence-corrected chi connectivity index (χ4v) is 0.995. The average molecular weight is 196 g/mol. The summed E-state index contributed by atoms with van der Waals surface area (Å²) >= 11 is 0. The molecule has 0 aliphatic rings. The minimum Gasteiger partial charge on any atom is -0.496 e. The first-order valence-corrected chi connectivity index (χ1v) is 4.91. The molecule has 0 spiro atoms. The van der Waals surface area contributed by atoms with Crippen molar-refractivity contribution < 1.29 is 4.74 Å². The van der Waals surface area contributed by atoms with Crippen LogP contribution in [0.25, 0.3) is 0 Å². The van der Waals surface area contributed by atoms with Crippen molar-refractivity contribution >= 4 is 0 Å². The second-order valence-corrected chi connectivity index (χ2v) is 2.87. The van der Waals surface area contributed by atoms with E-state index in [4.69, 9.17) is 4.74 Å². The van der Waals surface area contributed by atoms with Crippen LogP contribution in [0.15, 0.2) is 24.3 Å². The highest BCUT2D eigenvalue weighted by Gasteiger charge is 1.95. The molecule has 1 aromatic carbocycles. The van der Waals surface area contributed by atoms with Crippen molar-refractivity contribution in [1.82, 2.24) is 0 Å². The summed E-state index contributed by atoms with van der Waals surface area (Å²) in [4.78, 5) is 0. The van der Waals surface area contributed by atoms with Gasteiger partial charge in [-0.15, -0.1) is 0 Å². The molecule has 0 unspecified atom stereocenters. The number of hydrogen-bond donors (Lipinski definition) is 0. The largest absolute Gasteiger partial charge is 0.496 e. The first-order valence-electron chi connectivity index (χ1n) is 4.91. The van der Waals surface area contributed by atoms with Crippen molar-refractivity contribution in [3.05, 3.63) is 29.8 Å². The number of rotatable bonds is 2. The van der Waals surface area contributed by atoms with E-state index in [0.717, 1.165) is 12.2 Å². The Bertz CT molecular complexity index is 195. The van der Waals surface area contributed by atoms with Crippen molar-refractivity contribution in [2.75, 3.05) is 7.11 Å². The van der Waals surface area contributed by atoms with Gasteiger partial charge in [0.25, 0.3) is 0 Å². The van der Waals surface area contributed by atoms with Crippen LogP contribution in [0.4, 0.5) is 0 Å². The van der Waals surface area contributed by atoms with E-state index in [9.17, 15) is 0 Å². The predicted octanol–water partition coefficient (Wildman–Crippen LogP) is 4.31. The first-order chi connectivity index (χ1) is 6.29. The maximum absolute atomic E-state index is 5.14. The van der Waals surface area contributed by atoms with Crippen LogP contribution in [0.3, 0.4) is 0 Å². The van der Waals surface area contributed by atoms with E-state index in [0.29, 0.717) is 0 Å². The van der Waals surface area contributed by atoms with Gasteiger partial charge in [-0.2, -0.15) is 0 Å². The molecule has 0 aliphatic heterocycles. The van der Waals surface area contributed by atoms with Crippen LogP contribution in [-0.2, 0) is 6.42 Å². The van der Waals surface area contributed by atoms with Gasteiger partial charge in [-0.1, -0.05) is 52.8 Å². The normalized spacial score (nSPS) is 8.00. The van der Waals surface area contributed by atoms with Crippen LogP contribution >= 0.6 is 0 Å². The third-order valence-electron chi connectivity index (χ3n) is 1.57. The Hall–Kier alpha value is -0.980. The molecule has 0 aromatic heterocycles. The fourth-order valence-electron chi connectivity index (χ4n) is 0.995. The number of methoxy groups -OCH3 is 1. The number of hydrogen-bond acceptors (Lipinski definition) is 1. The van der Waals surface area contributed by atoms with Gasteiger partial charge in [-0.05, 0) is 18.1 Å². The quantitative estimate of drug-likeness (QED) is 0.685. The minimum absolute atomic E-state index is 0. The Morgan fingerprint density at radius 2 is 1.57 bits per heavy atom. The first kappa shape index (κ1) is 15.5. The van der Waals surface area contributed by atoms with E-state index in [1.54, 1.807) is 7.11 Å². The molecule has 0 heterocycles. The smallest absolute Gasteiger partial charge is 0.122 e. The zero-order valence-electron chi connectivity index (χ0n) is 9.13. The van der Waals surface area contributed by atoms with Gasteiger partial charge in [0.05, 0.1) is 7.11 Å². The van der Waals surface area contributed by atoms with Crippen LogP contribution in [0.1, 0.15) is 40.2 Å². The Balaban J connectivity index is 0. The summed E-state index contributed by atoms with van der Waals surface area (Å²) in [6, 6.07) is 8.08. The molecule has 0 fully saturated rings. The third kappa shape index (κ3) is 5.63. The van der Waals surface area contributed by atoms with E-state index in [-0.39, 0.29) is 7.43 Å². The van der Waals surface area contributed by atoms with E-state index in [1.807, 2.05) is 18.2 Å². The fraction of sp³-hybridized carbons (Fsp3) is 0.538. The molecule has 0 amide bonds. The van der Waals surface area contributed by atoms with Crippen molar-refractivity contribution in [3.63, 3.8) is 0 Å². The molecule has 1 heteroatoms. The molecule has 0 saturated heterocycles. The summed E-state index contributed by atoms with van der Waals surface area (Å²) in [6.45, 7) is 6.37. The lowest BCUT2D eigenvalue weighted by Gasteiger charge is -2.03. The van der Waals surface area contributed by atoms with Gasteiger partial charge in [-0.3, -0.25) is 0 Å². The Morgan fingerprint density at radius 3 is 1.93 bits per heavy atom. The molecule has 82 valence electrons. The van der Waals surface area contributed by atoms with Crippen LogP contribution in [0.5, 0.6) is 5.75 Å². The summed E-state index contributed by atoms with van der Waals surface area (Å²) < 4.78 is 5.14. The topological polar surface area (TPSA) is 9.23 Å². The highest BCUT2D eigenvalue weighted by molar-refractivity contribution is 5.32. The molecule has 0 N–H and O–H groups in total. The van der Waals surface area contributed by atoms with Crippen molar-refractivity contribution in [3.8, 4) is 5.75 Å². The molecule has 0 saturated carbocycles. The molecule has 14 heavy (non-hydrogen) atoms. The lowest BCUT2D eigenvalue weighted by atomic mass is 10.1. The zero-order valence-corrected chi connectivity index (χ0v) is 9.13. The van der Waals surface area contributed by atoms with Gasteiger partial charge >= 0.3 is 0 Å². The molecule has 0 radical (unpaired) electrons. The zero-order chi connectivity index (χ0) is 10.1. The van der Waals surface area contributed by atoms with Gasteiger partial charge < -0.3 is 4.74 Å². The summed E-state index contributed by atoms with van der Waals surface area (Å²) in [5, 5.41) is 0. The highest BCUT2D eigenvalue weighted by Crippen LogP contribution is 2.16. The summed E-state index contributed by atoms with van der Waals surface area (Å²) in [5.41, 5.74) is 1.27. The molecule has 1 rings (SSSR count). The number of para-hydroxylation sites is 1.